The van der Waals surface area contributed by atoms with E-state index in [1.54, 1.807) is 6.07 Å². The molecule has 2 amide bonds. The Labute approximate surface area is 136 Å². The van der Waals surface area contributed by atoms with Crippen LogP contribution >= 0.6 is 0 Å². The normalized spacial score (nSPS) is 13.9. The molecule has 0 spiro atoms. The fraction of sp³-hybridized carbons (Fsp3) is 0.333. The number of halogens is 2. The molecular formula is C15H15F2N5O2. The van der Waals surface area contributed by atoms with Crippen molar-refractivity contribution in [1.82, 2.24) is 14.8 Å². The number of fused-ring (bicyclic) bond motifs is 1. The number of pyridine rings is 1. The molecule has 2 aromatic rings. The second-order valence-electron chi connectivity index (χ2n) is 5.39. The summed E-state index contributed by atoms with van der Waals surface area (Å²) >= 11 is 0. The van der Waals surface area contributed by atoms with E-state index in [0.29, 0.717) is 25.2 Å². The number of nitrogens with two attached hydrogens (primary N) is 1. The van der Waals surface area contributed by atoms with Crippen molar-refractivity contribution in [2.75, 3.05) is 11.4 Å². The van der Waals surface area contributed by atoms with E-state index in [4.69, 9.17) is 5.73 Å². The maximum absolute atomic E-state index is 12.8. The van der Waals surface area contributed by atoms with Gasteiger partial charge in [-0.05, 0) is 30.5 Å². The topological polar surface area (TPSA) is 94.1 Å². The first kappa shape index (κ1) is 16.0. The van der Waals surface area contributed by atoms with E-state index in [2.05, 4.69) is 10.1 Å². The molecular weight excluding hydrogens is 320 g/mol. The van der Waals surface area contributed by atoms with E-state index in [9.17, 15) is 18.4 Å². The molecule has 2 N–H and O–H groups in total. The van der Waals surface area contributed by atoms with Gasteiger partial charge < -0.3 is 5.73 Å². The number of anilines is 1. The van der Waals surface area contributed by atoms with Crippen LogP contribution in [0, 0.1) is 0 Å². The number of alkyl halides is 2. The molecule has 0 aromatic carbocycles. The Balaban J connectivity index is 1.97. The summed E-state index contributed by atoms with van der Waals surface area (Å²) in [5, 5.41) is 3.77. The van der Waals surface area contributed by atoms with Crippen molar-refractivity contribution in [1.29, 1.82) is 0 Å². The van der Waals surface area contributed by atoms with Gasteiger partial charge in [0, 0.05) is 12.7 Å². The van der Waals surface area contributed by atoms with Crippen LogP contribution in [0.25, 0.3) is 0 Å². The molecule has 0 fully saturated rings. The maximum atomic E-state index is 12.8. The molecule has 1 aliphatic rings. The zero-order valence-electron chi connectivity index (χ0n) is 12.7. The van der Waals surface area contributed by atoms with Gasteiger partial charge in [0.05, 0.1) is 0 Å². The van der Waals surface area contributed by atoms with Crippen LogP contribution < -0.4 is 10.6 Å². The van der Waals surface area contributed by atoms with Crippen molar-refractivity contribution in [3.63, 3.8) is 0 Å². The summed E-state index contributed by atoms with van der Waals surface area (Å²) in [5.74, 6) is -0.839. The van der Waals surface area contributed by atoms with E-state index >= 15 is 0 Å². The van der Waals surface area contributed by atoms with Crippen LogP contribution in [0.3, 0.4) is 0 Å². The lowest BCUT2D eigenvalue weighted by atomic mass is 10.0. The minimum absolute atomic E-state index is 0.0504. The minimum atomic E-state index is -2.62. The van der Waals surface area contributed by atoms with Crippen molar-refractivity contribution in [3.8, 4) is 0 Å². The predicted octanol–water partition coefficient (Wildman–Crippen LogP) is 1.24. The molecule has 0 saturated carbocycles. The first-order valence-corrected chi connectivity index (χ1v) is 7.39. The van der Waals surface area contributed by atoms with Crippen LogP contribution in [0.5, 0.6) is 0 Å². The summed E-state index contributed by atoms with van der Waals surface area (Å²) in [6.07, 6.45) is 0.0961. The van der Waals surface area contributed by atoms with Crippen molar-refractivity contribution < 1.29 is 18.4 Å². The number of carbonyl (C=O) groups excluding carboxylic acids is 2. The molecule has 2 aromatic heterocycles. The van der Waals surface area contributed by atoms with Crippen LogP contribution in [0.4, 0.5) is 14.6 Å². The number of rotatable bonds is 4. The first-order chi connectivity index (χ1) is 11.5. The summed E-state index contributed by atoms with van der Waals surface area (Å²) in [7, 11) is 0. The number of nitrogens with zero attached hydrogens (tertiary/aromatic N) is 4. The number of hydrogen-bond donors (Lipinski definition) is 1. The van der Waals surface area contributed by atoms with Crippen LogP contribution in [0.1, 0.15) is 33.0 Å². The van der Waals surface area contributed by atoms with E-state index < -0.39 is 24.8 Å². The van der Waals surface area contributed by atoms with Gasteiger partial charge in [0.1, 0.15) is 23.8 Å². The lowest BCUT2D eigenvalue weighted by Crippen LogP contribution is -2.38. The van der Waals surface area contributed by atoms with Gasteiger partial charge in [-0.1, -0.05) is 6.07 Å². The molecule has 0 unspecified atom stereocenters. The average molecular weight is 335 g/mol. The molecule has 7 nitrogen and oxygen atoms in total. The Bertz CT molecular complexity index is 790. The van der Waals surface area contributed by atoms with Crippen LogP contribution in [0.15, 0.2) is 24.4 Å². The minimum Gasteiger partial charge on any atom is -0.364 e. The zero-order valence-corrected chi connectivity index (χ0v) is 12.7. The molecule has 24 heavy (non-hydrogen) atoms. The maximum Gasteiger partial charge on any atom is 0.277 e. The van der Waals surface area contributed by atoms with Crippen molar-refractivity contribution in [2.45, 2.75) is 25.8 Å². The summed E-state index contributed by atoms with van der Waals surface area (Å²) in [6.45, 7) is -0.287. The third-order valence-electron chi connectivity index (χ3n) is 3.78. The van der Waals surface area contributed by atoms with Gasteiger partial charge in [-0.15, -0.1) is 0 Å². The largest absolute Gasteiger partial charge is 0.364 e. The highest BCUT2D eigenvalue weighted by atomic mass is 19.3. The SMILES string of the molecule is NC(=O)c1ccc2c(n1)N(C(=O)c1ccnn1CC(F)F)CCC2. The van der Waals surface area contributed by atoms with Gasteiger partial charge in [-0.2, -0.15) is 5.10 Å². The fourth-order valence-electron chi connectivity index (χ4n) is 2.70. The standard InChI is InChI=1S/C15H15F2N5O2/c16-12(17)8-22-11(5-6-19-22)15(24)21-7-1-2-9-3-4-10(13(18)23)20-14(9)21/h3-6,12H,1-2,7-8H2,(H2,18,23). The van der Waals surface area contributed by atoms with Gasteiger partial charge in [-0.3, -0.25) is 19.2 Å². The number of hydrogen-bond acceptors (Lipinski definition) is 4. The number of carbonyl (C=O) groups is 2. The van der Waals surface area contributed by atoms with Gasteiger partial charge in [0.15, 0.2) is 0 Å². The first-order valence-electron chi connectivity index (χ1n) is 7.39. The Hall–Kier alpha value is -2.84. The summed E-state index contributed by atoms with van der Waals surface area (Å²) in [4.78, 5) is 29.6. The van der Waals surface area contributed by atoms with Crippen molar-refractivity contribution >= 4 is 17.6 Å². The highest BCUT2D eigenvalue weighted by molar-refractivity contribution is 6.05. The smallest absolute Gasteiger partial charge is 0.277 e. The predicted molar refractivity (Wildman–Crippen MR) is 81.0 cm³/mol. The third kappa shape index (κ3) is 2.97. The highest BCUT2D eigenvalue weighted by Gasteiger charge is 2.28. The molecule has 3 rings (SSSR count). The molecule has 126 valence electrons. The van der Waals surface area contributed by atoms with Crippen molar-refractivity contribution in [2.24, 2.45) is 5.73 Å². The zero-order chi connectivity index (χ0) is 17.3. The summed E-state index contributed by atoms with van der Waals surface area (Å²) in [5.41, 5.74) is 6.15. The van der Waals surface area contributed by atoms with Crippen LogP contribution in [-0.4, -0.2) is 39.5 Å². The Morgan fingerprint density at radius 3 is 2.79 bits per heavy atom. The van der Waals surface area contributed by atoms with Gasteiger partial charge in [-0.25, -0.2) is 13.8 Å². The van der Waals surface area contributed by atoms with Gasteiger partial charge in [0.2, 0.25) is 0 Å². The number of aryl methyl sites for hydroxylation is 1. The second-order valence-corrected chi connectivity index (χ2v) is 5.39. The van der Waals surface area contributed by atoms with Gasteiger partial charge in [0.25, 0.3) is 18.2 Å². The Morgan fingerprint density at radius 2 is 2.08 bits per heavy atom. The summed E-state index contributed by atoms with van der Waals surface area (Å²) in [6, 6.07) is 4.60. The Morgan fingerprint density at radius 1 is 1.29 bits per heavy atom. The fourth-order valence-corrected chi connectivity index (χ4v) is 2.70. The van der Waals surface area contributed by atoms with E-state index in [0.717, 1.165) is 10.2 Å². The number of primary amides is 1. The molecule has 0 atom stereocenters. The van der Waals surface area contributed by atoms with Crippen LogP contribution in [-0.2, 0) is 13.0 Å². The van der Waals surface area contributed by atoms with E-state index in [1.807, 2.05) is 0 Å². The highest BCUT2D eigenvalue weighted by Crippen LogP contribution is 2.27. The number of amides is 2. The monoisotopic (exact) mass is 335 g/mol. The lowest BCUT2D eigenvalue weighted by molar-refractivity contribution is 0.0948. The quantitative estimate of drug-likeness (QED) is 0.909. The molecule has 0 radical (unpaired) electrons. The van der Waals surface area contributed by atoms with Crippen molar-refractivity contribution in [3.05, 3.63) is 41.3 Å². The molecule has 9 heteroatoms. The number of aromatic nitrogens is 3. The van der Waals surface area contributed by atoms with E-state index in [-0.39, 0.29) is 11.4 Å². The average Bonchev–Trinajstić information content (AvgIpc) is 3.00. The van der Waals surface area contributed by atoms with Gasteiger partial charge >= 0.3 is 0 Å². The van der Waals surface area contributed by atoms with E-state index in [1.165, 1.54) is 23.2 Å². The molecule has 0 bridgehead atoms. The third-order valence-corrected chi connectivity index (χ3v) is 3.78. The molecule has 0 saturated heterocycles. The lowest BCUT2D eigenvalue weighted by Gasteiger charge is -2.28. The molecule has 3 heterocycles. The second kappa shape index (κ2) is 6.34. The summed E-state index contributed by atoms with van der Waals surface area (Å²) < 4.78 is 26.2. The molecule has 0 aliphatic carbocycles. The Kier molecular flexibility index (Phi) is 4.24. The van der Waals surface area contributed by atoms with Crippen LogP contribution in [0.2, 0.25) is 0 Å². The molecule has 1 aliphatic heterocycles.